The van der Waals surface area contributed by atoms with Crippen molar-refractivity contribution in [2.75, 3.05) is 40.8 Å². The van der Waals surface area contributed by atoms with E-state index < -0.39 is 34.2 Å². The van der Waals surface area contributed by atoms with Crippen LogP contribution < -0.4 is 16.0 Å². The van der Waals surface area contributed by atoms with Crippen LogP contribution in [0.5, 0.6) is 0 Å². The number of benzene rings is 6. The molecule has 0 radical (unpaired) electrons. The molecule has 0 amide bonds. The number of nitrogens with one attached hydrogen (secondary N) is 3. The zero-order valence-corrected chi connectivity index (χ0v) is 34.7. The van der Waals surface area contributed by atoms with Gasteiger partial charge < -0.3 is 31.3 Å². The molecular weight excluding hydrogens is 751 g/mol. The second-order valence-corrected chi connectivity index (χ2v) is 17.0. The minimum Gasteiger partial charge on any atom is -0.481 e. The third kappa shape index (κ3) is 7.69. The van der Waals surface area contributed by atoms with E-state index in [4.69, 9.17) is 0 Å². The molecule has 3 aliphatic rings. The maximum absolute atomic E-state index is 11.9. The lowest BCUT2D eigenvalue weighted by atomic mass is 9.86. The molecule has 0 saturated heterocycles. The van der Waals surface area contributed by atoms with Crippen LogP contribution >= 0.6 is 0 Å². The van der Waals surface area contributed by atoms with Crippen molar-refractivity contribution in [2.24, 2.45) is 17.3 Å². The van der Waals surface area contributed by atoms with Gasteiger partial charge in [0, 0.05) is 12.0 Å². The molecule has 0 aliphatic heterocycles. The summed E-state index contributed by atoms with van der Waals surface area (Å²) in [4.78, 5) is 35.3. The highest BCUT2D eigenvalue weighted by molar-refractivity contribution is 5.91. The fourth-order valence-corrected chi connectivity index (χ4v) is 9.69. The lowest BCUT2D eigenvalue weighted by Gasteiger charge is -2.19. The predicted molar refractivity (Wildman–Crippen MR) is 238 cm³/mol. The Morgan fingerprint density at radius 2 is 0.933 bits per heavy atom. The van der Waals surface area contributed by atoms with Crippen LogP contribution in [-0.2, 0) is 30.6 Å². The zero-order chi connectivity index (χ0) is 42.7. The molecule has 6 N–H and O–H groups in total. The minimum atomic E-state index is -0.759. The monoisotopic (exact) mass is 805 g/mol. The van der Waals surface area contributed by atoms with Crippen LogP contribution in [0.3, 0.4) is 0 Å². The van der Waals surface area contributed by atoms with E-state index >= 15 is 0 Å². The topological polar surface area (TPSA) is 148 Å². The van der Waals surface area contributed by atoms with Crippen molar-refractivity contribution in [2.45, 2.75) is 42.4 Å². The standard InChI is InChI=1S/C19H21NO2.2C16H17NO2/c1-18(13-20-2)12-19(18,17(21)22)16-10-8-15(9-11-16)14-6-4-3-5-7-14;2*1-17-10-14-9-16(14,15(18)19)13-7-6-11-4-2-3-5-12(11)8-13/h3-11,20H,12-13H2,1-2H3,(H,21,22);2*2-8,14,17H,9-10H2,1H3,(H,18,19)/t18-,19-;14-,16-;/m00./s1. The molecule has 0 heterocycles. The van der Waals surface area contributed by atoms with E-state index in [1.54, 1.807) is 0 Å². The van der Waals surface area contributed by atoms with Gasteiger partial charge in [0.25, 0.3) is 0 Å². The van der Waals surface area contributed by atoms with Gasteiger partial charge in [-0.2, -0.15) is 0 Å². The van der Waals surface area contributed by atoms with Gasteiger partial charge in [-0.05, 0) is 127 Å². The Morgan fingerprint density at radius 3 is 1.35 bits per heavy atom. The van der Waals surface area contributed by atoms with E-state index in [1.807, 2.05) is 155 Å². The molecule has 60 heavy (non-hydrogen) atoms. The van der Waals surface area contributed by atoms with Crippen LogP contribution in [0.15, 0.2) is 140 Å². The van der Waals surface area contributed by atoms with Gasteiger partial charge in [-0.3, -0.25) is 14.4 Å². The average Bonchev–Trinajstić information content (AvgIpc) is 4.21. The summed E-state index contributed by atoms with van der Waals surface area (Å²) in [5.41, 5.74) is 2.66. The summed E-state index contributed by atoms with van der Waals surface area (Å²) in [6.45, 7) is 4.25. The summed E-state index contributed by atoms with van der Waals surface area (Å²) in [7, 11) is 5.60. The SMILES string of the molecule is CNCC1CC1(C(=O)O)c1ccc2ccccc2c1.CNC[C@@H]1C[C@]1(C(=O)O)c1ccc2ccccc2c1.CNC[C@]1(C)C[C@@]1(C(=O)O)c1ccc(-c2ccccc2)cc1. The third-order valence-corrected chi connectivity index (χ3v) is 13.4. The van der Waals surface area contributed by atoms with Gasteiger partial charge in [0.2, 0.25) is 0 Å². The molecule has 3 fully saturated rings. The molecular formula is C51H55N3O6. The number of aliphatic carboxylic acids is 3. The first-order chi connectivity index (χ1) is 28.9. The molecule has 0 spiro atoms. The Balaban J connectivity index is 0.000000137. The first-order valence-corrected chi connectivity index (χ1v) is 20.7. The van der Waals surface area contributed by atoms with Gasteiger partial charge in [-0.25, -0.2) is 0 Å². The zero-order valence-electron chi connectivity index (χ0n) is 34.7. The van der Waals surface area contributed by atoms with Crippen molar-refractivity contribution in [3.63, 3.8) is 0 Å². The summed E-state index contributed by atoms with van der Waals surface area (Å²) in [6.07, 6.45) is 2.13. The van der Waals surface area contributed by atoms with Gasteiger partial charge in [-0.1, -0.05) is 134 Å². The lowest BCUT2D eigenvalue weighted by molar-refractivity contribution is -0.141. The molecule has 310 valence electrons. The average molecular weight is 806 g/mol. The van der Waals surface area contributed by atoms with Crippen LogP contribution in [-0.4, -0.2) is 74.0 Å². The van der Waals surface area contributed by atoms with Crippen molar-refractivity contribution >= 4 is 39.5 Å². The van der Waals surface area contributed by atoms with Crippen molar-refractivity contribution in [1.82, 2.24) is 16.0 Å². The van der Waals surface area contributed by atoms with Crippen molar-refractivity contribution in [1.29, 1.82) is 0 Å². The van der Waals surface area contributed by atoms with Gasteiger partial charge in [-0.15, -0.1) is 0 Å². The summed E-state index contributed by atoms with van der Waals surface area (Å²) in [5, 5.41) is 42.8. The third-order valence-electron chi connectivity index (χ3n) is 13.4. The molecule has 6 aromatic rings. The van der Waals surface area contributed by atoms with E-state index in [1.165, 1.54) is 0 Å². The molecule has 3 saturated carbocycles. The summed E-state index contributed by atoms with van der Waals surface area (Å²) < 4.78 is 0. The van der Waals surface area contributed by atoms with Gasteiger partial charge in [0.1, 0.15) is 0 Å². The highest BCUT2D eigenvalue weighted by atomic mass is 16.4. The van der Waals surface area contributed by atoms with Crippen molar-refractivity contribution in [3.05, 3.63) is 156 Å². The summed E-state index contributed by atoms with van der Waals surface area (Å²) in [6, 6.07) is 46.2. The first kappa shape index (κ1) is 42.3. The number of carboxylic acid groups (broad SMARTS) is 3. The van der Waals surface area contributed by atoms with E-state index in [0.717, 1.165) is 75.3 Å². The van der Waals surface area contributed by atoms with Crippen molar-refractivity contribution < 1.29 is 29.7 Å². The lowest BCUT2D eigenvalue weighted by Crippen LogP contribution is -2.32. The number of hydrogen-bond acceptors (Lipinski definition) is 6. The Hall–Kier alpha value is -5.87. The largest absolute Gasteiger partial charge is 0.481 e. The fourth-order valence-electron chi connectivity index (χ4n) is 9.69. The Bertz CT molecular complexity index is 2400. The molecule has 0 bridgehead atoms. The highest BCUT2D eigenvalue weighted by Crippen LogP contribution is 2.64. The first-order valence-electron chi connectivity index (χ1n) is 20.7. The molecule has 9 heteroatoms. The van der Waals surface area contributed by atoms with E-state index in [0.29, 0.717) is 13.0 Å². The van der Waals surface area contributed by atoms with Crippen LogP contribution in [0.2, 0.25) is 0 Å². The number of carboxylic acids is 3. The second kappa shape index (κ2) is 17.0. The van der Waals surface area contributed by atoms with Crippen LogP contribution in [0.4, 0.5) is 0 Å². The second-order valence-electron chi connectivity index (χ2n) is 17.0. The van der Waals surface area contributed by atoms with E-state index in [-0.39, 0.29) is 17.3 Å². The molecule has 9 nitrogen and oxygen atoms in total. The fraction of sp³-hybridized carbons (Fsp3) is 0.314. The summed E-state index contributed by atoms with van der Waals surface area (Å²) >= 11 is 0. The molecule has 3 aliphatic carbocycles. The quantitative estimate of drug-likeness (QED) is 0.0682. The molecule has 0 aromatic heterocycles. The van der Waals surface area contributed by atoms with Gasteiger partial charge >= 0.3 is 17.9 Å². The van der Waals surface area contributed by atoms with Crippen LogP contribution in [0.25, 0.3) is 32.7 Å². The van der Waals surface area contributed by atoms with E-state index in [2.05, 4.69) is 28.1 Å². The number of carbonyl (C=O) groups is 3. The normalized spacial score (nSPS) is 25.9. The molecule has 9 rings (SSSR count). The summed E-state index contributed by atoms with van der Waals surface area (Å²) in [5.74, 6) is -1.75. The Kier molecular flexibility index (Phi) is 12.0. The number of hydrogen-bond donors (Lipinski definition) is 6. The van der Waals surface area contributed by atoms with Gasteiger partial charge in [0.05, 0.1) is 16.2 Å². The maximum Gasteiger partial charge on any atom is 0.314 e. The molecule has 6 aromatic carbocycles. The Morgan fingerprint density at radius 1 is 0.517 bits per heavy atom. The minimum absolute atomic E-state index is 0.191. The van der Waals surface area contributed by atoms with E-state index in [9.17, 15) is 29.7 Å². The Labute approximate surface area is 351 Å². The number of fused-ring (bicyclic) bond motifs is 2. The predicted octanol–water partition coefficient (Wildman–Crippen LogP) is 8.11. The van der Waals surface area contributed by atoms with Crippen molar-refractivity contribution in [3.8, 4) is 11.1 Å². The van der Waals surface area contributed by atoms with Crippen LogP contribution in [0, 0.1) is 17.3 Å². The van der Waals surface area contributed by atoms with Gasteiger partial charge in [0.15, 0.2) is 0 Å². The smallest absolute Gasteiger partial charge is 0.314 e. The highest BCUT2D eigenvalue weighted by Gasteiger charge is 2.70. The molecule has 6 atom stereocenters. The number of rotatable bonds is 13. The van der Waals surface area contributed by atoms with Crippen LogP contribution in [0.1, 0.15) is 42.9 Å². The molecule has 2 unspecified atom stereocenters. The maximum atomic E-state index is 11.9.